The molecular formula is C11H8AsClN2O2. The fraction of sp³-hybridized carbons (Fsp3) is 0.0909. The minimum atomic E-state index is 0.255. The quantitative estimate of drug-likeness (QED) is 0.577. The van der Waals surface area contributed by atoms with E-state index in [-0.39, 0.29) is 12.1 Å². The molecule has 6 heteroatoms. The molecule has 1 aliphatic rings. The van der Waals surface area contributed by atoms with Crippen molar-refractivity contribution in [2.24, 2.45) is 0 Å². The van der Waals surface area contributed by atoms with Crippen molar-refractivity contribution in [3.05, 3.63) is 29.7 Å². The summed E-state index contributed by atoms with van der Waals surface area (Å²) in [5, 5.41) is 0.262. The van der Waals surface area contributed by atoms with E-state index in [1.807, 2.05) is 18.2 Å². The summed E-state index contributed by atoms with van der Waals surface area (Å²) in [6.07, 6.45) is 1.71. The predicted octanol–water partition coefficient (Wildman–Crippen LogP) is 0.784. The summed E-state index contributed by atoms with van der Waals surface area (Å²) in [6, 6.07) is 5.76. The number of nitrogens with zero attached hydrogens (tertiary/aromatic N) is 2. The van der Waals surface area contributed by atoms with Crippen molar-refractivity contribution < 1.29 is 9.47 Å². The first-order chi connectivity index (χ1) is 8.25. The molecule has 0 amide bonds. The summed E-state index contributed by atoms with van der Waals surface area (Å²) in [4.78, 5) is 8.17. The van der Waals surface area contributed by atoms with E-state index in [0.717, 1.165) is 27.1 Å². The topological polar surface area (TPSA) is 44.2 Å². The van der Waals surface area contributed by atoms with Crippen LogP contribution in [0.3, 0.4) is 0 Å². The number of para-hydroxylation sites is 1. The predicted molar refractivity (Wildman–Crippen MR) is 66.8 cm³/mol. The van der Waals surface area contributed by atoms with E-state index in [4.69, 9.17) is 21.1 Å². The molecule has 4 nitrogen and oxygen atoms in total. The summed E-state index contributed by atoms with van der Waals surface area (Å²) in [6.45, 7) is 0.255. The van der Waals surface area contributed by atoms with Crippen LogP contribution in [0.15, 0.2) is 24.4 Å². The first kappa shape index (κ1) is 10.9. The van der Waals surface area contributed by atoms with Gasteiger partial charge in [-0.1, -0.05) is 0 Å². The number of fused-ring (bicyclic) bond motifs is 1. The first-order valence-electron chi connectivity index (χ1n) is 4.92. The third kappa shape index (κ3) is 1.88. The van der Waals surface area contributed by atoms with Gasteiger partial charge in [-0.25, -0.2) is 0 Å². The van der Waals surface area contributed by atoms with Crippen LogP contribution in [-0.2, 0) is 0 Å². The number of halogens is 1. The van der Waals surface area contributed by atoms with Crippen molar-refractivity contribution in [1.29, 1.82) is 0 Å². The Morgan fingerprint density at radius 3 is 2.94 bits per heavy atom. The molecule has 0 aliphatic carbocycles. The molecule has 1 aromatic carbocycles. The van der Waals surface area contributed by atoms with Gasteiger partial charge in [-0.2, -0.15) is 0 Å². The number of aromatic nitrogens is 2. The van der Waals surface area contributed by atoms with Gasteiger partial charge >= 0.3 is 111 Å². The Balaban J connectivity index is 2.19. The van der Waals surface area contributed by atoms with E-state index in [2.05, 4.69) is 9.97 Å². The SMILES string of the molecule is Clc1ncc(-c2cccc3c2OCO3)c([AsH2])n1. The standard InChI is InChI=1S/C11H8AsClN2O2/c12-10-7(4-14-11(13)15-10)6-2-1-3-8-9(6)17-5-16-8/h1-4H,5,12H2. The molecule has 0 N–H and O–H groups in total. The summed E-state index contributed by atoms with van der Waals surface area (Å²) in [5.74, 6) is 1.50. The maximum atomic E-state index is 5.75. The van der Waals surface area contributed by atoms with E-state index in [0.29, 0.717) is 0 Å². The average molecular weight is 311 g/mol. The Labute approximate surface area is 111 Å². The van der Waals surface area contributed by atoms with Crippen LogP contribution < -0.4 is 14.0 Å². The molecule has 1 atom stereocenters. The zero-order valence-corrected chi connectivity index (χ0v) is 11.9. The van der Waals surface area contributed by atoms with Gasteiger partial charge in [0, 0.05) is 0 Å². The Hall–Kier alpha value is -1.25. The number of rotatable bonds is 1. The second-order valence-electron chi connectivity index (χ2n) is 3.48. The van der Waals surface area contributed by atoms with Gasteiger partial charge in [0.15, 0.2) is 0 Å². The van der Waals surface area contributed by atoms with Crippen LogP contribution in [0.25, 0.3) is 11.1 Å². The number of hydrogen-bond acceptors (Lipinski definition) is 4. The van der Waals surface area contributed by atoms with Crippen molar-refractivity contribution in [2.75, 3.05) is 6.79 Å². The molecule has 3 rings (SSSR count). The molecule has 0 bridgehead atoms. The van der Waals surface area contributed by atoms with Crippen LogP contribution >= 0.6 is 11.6 Å². The molecule has 86 valence electrons. The second kappa shape index (κ2) is 4.20. The van der Waals surface area contributed by atoms with Gasteiger partial charge in [0.1, 0.15) is 0 Å². The molecule has 0 spiro atoms. The van der Waals surface area contributed by atoms with Gasteiger partial charge in [0.05, 0.1) is 0 Å². The van der Waals surface area contributed by atoms with Crippen LogP contribution in [0.1, 0.15) is 0 Å². The minimum absolute atomic E-state index is 0.255. The van der Waals surface area contributed by atoms with Gasteiger partial charge in [-0.05, 0) is 0 Å². The molecule has 1 unspecified atom stereocenters. The molecule has 0 radical (unpaired) electrons. The van der Waals surface area contributed by atoms with Gasteiger partial charge in [-0.3, -0.25) is 0 Å². The van der Waals surface area contributed by atoms with Crippen molar-refractivity contribution >= 4 is 32.9 Å². The van der Waals surface area contributed by atoms with E-state index in [1.54, 1.807) is 6.20 Å². The number of benzene rings is 1. The molecule has 0 fully saturated rings. The van der Waals surface area contributed by atoms with Crippen LogP contribution in [-0.4, -0.2) is 33.6 Å². The molecule has 1 aliphatic heterocycles. The Morgan fingerprint density at radius 2 is 2.12 bits per heavy atom. The normalized spacial score (nSPS) is 12.8. The molecule has 0 saturated heterocycles. The van der Waals surface area contributed by atoms with Crippen molar-refractivity contribution in [1.82, 2.24) is 9.97 Å². The van der Waals surface area contributed by atoms with E-state index in [9.17, 15) is 0 Å². The zero-order valence-electron chi connectivity index (χ0n) is 8.68. The summed E-state index contributed by atoms with van der Waals surface area (Å²) >= 11 is 7.15. The third-order valence-electron chi connectivity index (χ3n) is 2.48. The molecule has 1 aromatic heterocycles. The summed E-state index contributed by atoms with van der Waals surface area (Å²) in [5.41, 5.74) is 1.87. The third-order valence-corrected chi connectivity index (χ3v) is 3.58. The molecule has 2 aromatic rings. The second-order valence-corrected chi connectivity index (χ2v) is 4.96. The summed E-state index contributed by atoms with van der Waals surface area (Å²) < 4.78 is 11.7. The maximum absolute atomic E-state index is 5.75. The van der Waals surface area contributed by atoms with Gasteiger partial charge in [0.25, 0.3) is 0 Å². The van der Waals surface area contributed by atoms with Crippen LogP contribution in [0.5, 0.6) is 11.5 Å². The van der Waals surface area contributed by atoms with Gasteiger partial charge in [-0.15, -0.1) is 0 Å². The van der Waals surface area contributed by atoms with E-state index in [1.165, 1.54) is 16.9 Å². The first-order valence-corrected chi connectivity index (χ1v) is 6.51. The van der Waals surface area contributed by atoms with Gasteiger partial charge < -0.3 is 0 Å². The fourth-order valence-electron chi connectivity index (χ4n) is 1.72. The number of hydrogen-bond donors (Lipinski definition) is 0. The number of ether oxygens (including phenoxy) is 2. The molecule has 2 heterocycles. The molecule has 0 saturated carbocycles. The van der Waals surface area contributed by atoms with Crippen LogP contribution in [0.4, 0.5) is 0 Å². The van der Waals surface area contributed by atoms with Crippen LogP contribution in [0.2, 0.25) is 5.28 Å². The monoisotopic (exact) mass is 310 g/mol. The summed E-state index contributed by atoms with van der Waals surface area (Å²) in [7, 11) is 0. The van der Waals surface area contributed by atoms with E-state index >= 15 is 0 Å². The fourth-order valence-corrected chi connectivity index (χ4v) is 2.77. The van der Waals surface area contributed by atoms with Crippen molar-refractivity contribution in [3.8, 4) is 22.6 Å². The molecular weight excluding hydrogens is 303 g/mol. The average Bonchev–Trinajstić information content (AvgIpc) is 2.77. The zero-order chi connectivity index (χ0) is 11.8. The van der Waals surface area contributed by atoms with Crippen molar-refractivity contribution in [2.45, 2.75) is 0 Å². The Kier molecular flexibility index (Phi) is 2.69. The Bertz CT molecular complexity index is 592. The molecule has 17 heavy (non-hydrogen) atoms. The van der Waals surface area contributed by atoms with Crippen molar-refractivity contribution in [3.63, 3.8) is 0 Å². The Morgan fingerprint density at radius 1 is 1.24 bits per heavy atom. The van der Waals surface area contributed by atoms with E-state index < -0.39 is 0 Å². The van der Waals surface area contributed by atoms with Crippen LogP contribution in [0, 0.1) is 0 Å². The van der Waals surface area contributed by atoms with Gasteiger partial charge in [0.2, 0.25) is 0 Å².